The number of nitrogens with zero attached hydrogens (tertiary/aromatic N) is 4. The predicted octanol–water partition coefficient (Wildman–Crippen LogP) is 9.72. The second-order valence-corrected chi connectivity index (χ2v) is 13.8. The van der Waals surface area contributed by atoms with Gasteiger partial charge in [-0.3, -0.25) is 0 Å². The van der Waals surface area contributed by atoms with E-state index >= 15 is 0 Å². The van der Waals surface area contributed by atoms with Crippen LogP contribution in [0, 0.1) is 96.4 Å². The third-order valence-corrected chi connectivity index (χ3v) is 9.20. The molecule has 0 bridgehead atoms. The molecule has 4 nitrogen and oxygen atoms in total. The van der Waals surface area contributed by atoms with Crippen LogP contribution in [0.25, 0.3) is 0 Å². The molecule has 47 heavy (non-hydrogen) atoms. The summed E-state index contributed by atoms with van der Waals surface area (Å²) >= 11 is 0. The molecule has 4 aromatic rings. The van der Waals surface area contributed by atoms with Gasteiger partial charge in [0.1, 0.15) is 0 Å². The molecule has 0 spiro atoms. The van der Waals surface area contributed by atoms with Crippen molar-refractivity contribution in [2.24, 2.45) is 0 Å². The van der Waals surface area contributed by atoms with Gasteiger partial charge in [0.15, 0.2) is 0 Å². The molecule has 2 aliphatic rings. The molecule has 2 aliphatic heterocycles. The van der Waals surface area contributed by atoms with E-state index in [0.717, 1.165) is 26.2 Å². The summed E-state index contributed by atoms with van der Waals surface area (Å²) in [6, 6.07) is 18.1. The SMILES string of the molecule is Cc1cc(C)c(N2[C]N(c3c(C)cc(C)cc3C)CC2)c(C)c1.Cc1cc(C)c(N2[C]N(c3c(C)cc(C)cc3C)CC2)c(C)c1.[Cu+]. The fourth-order valence-corrected chi connectivity index (χ4v) is 7.93. The van der Waals surface area contributed by atoms with Crippen LogP contribution in [0.4, 0.5) is 22.7 Å². The minimum Gasteiger partial charge on any atom is -0.339 e. The smallest absolute Gasteiger partial charge is 0.339 e. The molecule has 0 saturated carbocycles. The van der Waals surface area contributed by atoms with Gasteiger partial charge in [0.2, 0.25) is 13.3 Å². The summed E-state index contributed by atoms with van der Waals surface area (Å²) in [5.41, 5.74) is 21.1. The van der Waals surface area contributed by atoms with Gasteiger partial charge in [-0.25, -0.2) is 0 Å². The molecule has 5 heteroatoms. The monoisotopic (exact) mass is 675 g/mol. The molecule has 6 rings (SSSR count). The molecule has 0 aliphatic carbocycles. The Morgan fingerprint density at radius 2 is 0.468 bits per heavy atom. The zero-order valence-electron chi connectivity index (χ0n) is 30.5. The summed E-state index contributed by atoms with van der Waals surface area (Å²) in [7, 11) is 0. The van der Waals surface area contributed by atoms with E-state index < -0.39 is 0 Å². The van der Waals surface area contributed by atoms with Crippen LogP contribution in [0.5, 0.6) is 0 Å². The largest absolute Gasteiger partial charge is 1.00 e. The predicted molar refractivity (Wildman–Crippen MR) is 198 cm³/mol. The molecular weight excluding hydrogens is 624 g/mol. The molecule has 0 N–H and O–H groups in total. The summed E-state index contributed by atoms with van der Waals surface area (Å²) in [4.78, 5) is 9.12. The van der Waals surface area contributed by atoms with E-state index in [-0.39, 0.29) is 17.1 Å². The number of benzene rings is 4. The van der Waals surface area contributed by atoms with Crippen LogP contribution < -0.4 is 19.6 Å². The van der Waals surface area contributed by atoms with Crippen LogP contribution >= 0.6 is 0 Å². The molecular formula is C42H52CuN4+. The maximum atomic E-state index is 3.59. The number of hydrogen-bond acceptors (Lipinski definition) is 4. The first-order valence-electron chi connectivity index (χ1n) is 16.7. The van der Waals surface area contributed by atoms with E-state index in [4.69, 9.17) is 0 Å². The summed E-state index contributed by atoms with van der Waals surface area (Å²) in [6.45, 7) is 37.3. The van der Waals surface area contributed by atoms with Crippen molar-refractivity contribution in [3.8, 4) is 0 Å². The average Bonchev–Trinajstić information content (AvgIpc) is 3.57. The van der Waals surface area contributed by atoms with Gasteiger partial charge in [0.25, 0.3) is 0 Å². The van der Waals surface area contributed by atoms with Crippen LogP contribution in [0.1, 0.15) is 66.8 Å². The van der Waals surface area contributed by atoms with Crippen molar-refractivity contribution in [2.75, 3.05) is 45.8 Å². The van der Waals surface area contributed by atoms with Gasteiger partial charge in [-0.2, -0.15) is 0 Å². The van der Waals surface area contributed by atoms with Crippen LogP contribution in [-0.2, 0) is 17.1 Å². The fourth-order valence-electron chi connectivity index (χ4n) is 7.93. The van der Waals surface area contributed by atoms with Crippen molar-refractivity contribution in [1.82, 2.24) is 0 Å². The number of hydrogen-bond donors (Lipinski definition) is 0. The van der Waals surface area contributed by atoms with Gasteiger partial charge < -0.3 is 19.6 Å². The molecule has 2 saturated heterocycles. The molecule has 4 aromatic carbocycles. The summed E-state index contributed by atoms with van der Waals surface area (Å²) < 4.78 is 0. The Morgan fingerprint density at radius 1 is 0.319 bits per heavy atom. The molecule has 0 unspecified atom stereocenters. The first-order valence-corrected chi connectivity index (χ1v) is 16.7. The van der Waals surface area contributed by atoms with Crippen molar-refractivity contribution >= 4 is 22.7 Å². The Morgan fingerprint density at radius 3 is 0.617 bits per heavy atom. The van der Waals surface area contributed by atoms with E-state index in [1.54, 1.807) is 0 Å². The topological polar surface area (TPSA) is 13.0 Å². The second kappa shape index (κ2) is 14.8. The maximum absolute atomic E-state index is 3.59. The van der Waals surface area contributed by atoms with Crippen LogP contribution in [0.15, 0.2) is 48.5 Å². The van der Waals surface area contributed by atoms with Crippen LogP contribution in [0.3, 0.4) is 0 Å². The normalized spacial score (nSPS) is 14.4. The van der Waals surface area contributed by atoms with Crippen molar-refractivity contribution < 1.29 is 17.1 Å². The van der Waals surface area contributed by atoms with Gasteiger partial charge in [-0.15, -0.1) is 0 Å². The number of anilines is 4. The molecule has 2 heterocycles. The zero-order chi connectivity index (χ0) is 33.4. The van der Waals surface area contributed by atoms with E-state index in [2.05, 4.69) is 165 Å². The van der Waals surface area contributed by atoms with Crippen LogP contribution in [-0.4, -0.2) is 26.2 Å². The maximum Gasteiger partial charge on any atom is 1.00 e. The molecule has 250 valence electrons. The molecule has 0 aromatic heterocycles. The molecule has 0 amide bonds. The van der Waals surface area contributed by atoms with Gasteiger partial charge in [0.05, 0.1) is 0 Å². The van der Waals surface area contributed by atoms with Crippen molar-refractivity contribution in [2.45, 2.75) is 83.1 Å². The van der Waals surface area contributed by atoms with Gasteiger partial charge in [-0.05, 0) is 128 Å². The Bertz CT molecular complexity index is 1410. The standard InChI is InChI=1S/2C21H26N2.Cu/c2*1-14-9-16(3)20(17(4)10-14)22-7-8-23(13-22)21-18(5)11-15(2)12-19(21)6;/h2*9-12H,7-8H2,1-6H3;/q;;+1. The van der Waals surface area contributed by atoms with Crippen molar-refractivity contribution in [1.29, 1.82) is 0 Å². The van der Waals surface area contributed by atoms with Crippen LogP contribution in [0.2, 0.25) is 0 Å². The third kappa shape index (κ3) is 7.85. The van der Waals surface area contributed by atoms with Gasteiger partial charge >= 0.3 is 17.1 Å². The first-order chi connectivity index (χ1) is 21.7. The van der Waals surface area contributed by atoms with E-state index in [0.29, 0.717) is 0 Å². The Labute approximate surface area is 296 Å². The summed E-state index contributed by atoms with van der Waals surface area (Å²) in [5, 5.41) is 0. The summed E-state index contributed by atoms with van der Waals surface area (Å²) in [6.07, 6.45) is 0. The second-order valence-electron chi connectivity index (χ2n) is 13.8. The fraction of sp³-hybridized carbons (Fsp3) is 0.381. The molecule has 2 fully saturated rings. The zero-order valence-corrected chi connectivity index (χ0v) is 31.5. The Kier molecular flexibility index (Phi) is 11.5. The number of rotatable bonds is 4. The Balaban J connectivity index is 0.000000208. The third-order valence-electron chi connectivity index (χ3n) is 9.20. The van der Waals surface area contributed by atoms with E-state index in [1.165, 1.54) is 89.5 Å². The molecule has 4 radical (unpaired) electrons. The molecule has 0 atom stereocenters. The van der Waals surface area contributed by atoms with Crippen molar-refractivity contribution in [3.63, 3.8) is 0 Å². The van der Waals surface area contributed by atoms with E-state index in [1.807, 2.05) is 0 Å². The van der Waals surface area contributed by atoms with Gasteiger partial charge in [0, 0.05) is 48.9 Å². The van der Waals surface area contributed by atoms with E-state index in [9.17, 15) is 0 Å². The quantitative estimate of drug-likeness (QED) is 0.200. The number of aryl methyl sites for hydroxylation is 12. The summed E-state index contributed by atoms with van der Waals surface area (Å²) in [5.74, 6) is 0. The minimum absolute atomic E-state index is 0. The first kappa shape index (κ1) is 36.4. The van der Waals surface area contributed by atoms with Crippen molar-refractivity contribution in [3.05, 3.63) is 129 Å². The minimum atomic E-state index is 0. The Hall–Kier alpha value is -3.40. The average molecular weight is 676 g/mol. The van der Waals surface area contributed by atoms with Gasteiger partial charge in [-0.1, -0.05) is 70.8 Å².